The number of nitrogens with one attached hydrogen (secondary N) is 1. The number of aliphatic carboxylic acids is 1. The maximum absolute atomic E-state index is 12.1. The Morgan fingerprint density at radius 2 is 1.49 bits per heavy atom. The Kier molecular flexibility index (Phi) is 8.96. The molecule has 1 aliphatic carbocycles. The van der Waals surface area contributed by atoms with Gasteiger partial charge in [-0.1, -0.05) is 0 Å². The number of allylic oxidation sites excluding steroid dienone is 3. The highest BCUT2D eigenvalue weighted by atomic mass is 32.2. The molecule has 0 aromatic heterocycles. The van der Waals surface area contributed by atoms with Gasteiger partial charge in [0.15, 0.2) is 0 Å². The average Bonchev–Trinajstić information content (AvgIpc) is 2.97. The number of benzene rings is 3. The average molecular weight is 632 g/mol. The molecule has 0 aliphatic heterocycles. The van der Waals surface area contributed by atoms with Crippen LogP contribution in [-0.4, -0.2) is 41.4 Å². The Hall–Kier alpha value is -6.07. The maximum atomic E-state index is 12.1. The lowest BCUT2D eigenvalue weighted by Crippen LogP contribution is -2.24. The summed E-state index contributed by atoms with van der Waals surface area (Å²) in [7, 11) is -5.00. The summed E-state index contributed by atoms with van der Waals surface area (Å²) in [6, 6.07) is 12.6. The first-order valence-corrected chi connectivity index (χ1v) is 14.1. The SMILES string of the molecule is Cc1cc(N=Nc2c(N)c(C)cc(N=Nc3ccc(C(N)=O)cc3)c2N)ccc1NN=C1C=C(C(=O)O)C(=O)C(S(=O)(=O)O)=C1. The summed E-state index contributed by atoms with van der Waals surface area (Å²) in [6.07, 6.45) is 1.62. The lowest BCUT2D eigenvalue weighted by molar-refractivity contribution is -0.134. The van der Waals surface area contributed by atoms with Crippen LogP contribution in [0.15, 0.2) is 96.7 Å². The number of hydrogen-bond donors (Lipinski definition) is 6. The minimum atomic E-state index is -5.00. The molecule has 45 heavy (non-hydrogen) atoms. The molecule has 0 spiro atoms. The predicted molar refractivity (Wildman–Crippen MR) is 166 cm³/mol. The number of aryl methyl sites for hydroxylation is 2. The monoisotopic (exact) mass is 631 g/mol. The molecule has 0 bridgehead atoms. The fraction of sp³-hybridized carbons (Fsp3) is 0.0714. The van der Waals surface area contributed by atoms with Crippen LogP contribution in [0.2, 0.25) is 0 Å². The summed E-state index contributed by atoms with van der Waals surface area (Å²) >= 11 is 0. The molecule has 0 saturated heterocycles. The summed E-state index contributed by atoms with van der Waals surface area (Å²) in [4.78, 5) is 33.6. The number of nitrogens with two attached hydrogens (primary N) is 3. The molecular weight excluding hydrogens is 606 g/mol. The molecule has 1 amide bonds. The maximum Gasteiger partial charge on any atom is 0.339 e. The number of carboxylic acid groups (broad SMARTS) is 1. The number of amides is 1. The minimum Gasteiger partial charge on any atom is -0.478 e. The van der Waals surface area contributed by atoms with Gasteiger partial charge in [0.1, 0.15) is 21.9 Å². The molecule has 3 aromatic rings. The van der Waals surface area contributed by atoms with Gasteiger partial charge < -0.3 is 22.3 Å². The van der Waals surface area contributed by atoms with Gasteiger partial charge in [0.2, 0.25) is 11.7 Å². The van der Waals surface area contributed by atoms with Gasteiger partial charge >= 0.3 is 5.97 Å². The second kappa shape index (κ2) is 12.7. The molecule has 3 aromatic carbocycles. The van der Waals surface area contributed by atoms with E-state index < -0.39 is 38.3 Å². The molecule has 1 aliphatic rings. The smallest absolute Gasteiger partial charge is 0.339 e. The van der Waals surface area contributed by atoms with Gasteiger partial charge in [-0.3, -0.25) is 19.6 Å². The quantitative estimate of drug-likeness (QED) is 0.0479. The van der Waals surface area contributed by atoms with Gasteiger partial charge in [-0.15, -0.1) is 10.2 Å². The van der Waals surface area contributed by atoms with Crippen LogP contribution in [-0.2, 0) is 19.7 Å². The number of nitrogens with zero attached hydrogens (tertiary/aromatic N) is 5. The number of nitrogen functional groups attached to an aromatic ring is 2. The highest BCUT2D eigenvalue weighted by Crippen LogP contribution is 2.41. The van der Waals surface area contributed by atoms with E-state index in [9.17, 15) is 32.5 Å². The van der Waals surface area contributed by atoms with Gasteiger partial charge in [0.25, 0.3) is 10.1 Å². The number of anilines is 3. The highest BCUT2D eigenvalue weighted by molar-refractivity contribution is 7.91. The van der Waals surface area contributed by atoms with Crippen molar-refractivity contribution in [2.45, 2.75) is 13.8 Å². The zero-order valence-corrected chi connectivity index (χ0v) is 24.4. The fourth-order valence-electron chi connectivity index (χ4n) is 3.88. The molecule has 0 unspecified atom stereocenters. The van der Waals surface area contributed by atoms with Gasteiger partial charge in [-0.2, -0.15) is 23.7 Å². The Morgan fingerprint density at radius 3 is 2.09 bits per heavy atom. The van der Waals surface area contributed by atoms with Crippen LogP contribution in [0, 0.1) is 13.8 Å². The normalized spacial score (nSPS) is 14.6. The molecule has 16 nitrogen and oxygen atoms in total. The summed E-state index contributed by atoms with van der Waals surface area (Å²) in [5.74, 6) is -3.62. The highest BCUT2D eigenvalue weighted by Gasteiger charge is 2.33. The van der Waals surface area contributed by atoms with Crippen molar-refractivity contribution in [1.29, 1.82) is 0 Å². The van der Waals surface area contributed by atoms with Crippen LogP contribution in [0.3, 0.4) is 0 Å². The Morgan fingerprint density at radius 1 is 0.844 bits per heavy atom. The fourth-order valence-corrected chi connectivity index (χ4v) is 4.49. The van der Waals surface area contributed by atoms with E-state index in [1.165, 1.54) is 12.1 Å². The van der Waals surface area contributed by atoms with E-state index in [4.69, 9.17) is 17.2 Å². The lowest BCUT2D eigenvalue weighted by Gasteiger charge is -2.11. The first-order valence-electron chi connectivity index (χ1n) is 12.7. The number of carboxylic acids is 1. The Labute approximate surface area is 255 Å². The van der Waals surface area contributed by atoms with Crippen molar-refractivity contribution in [2.75, 3.05) is 16.9 Å². The molecule has 4 rings (SSSR count). The largest absolute Gasteiger partial charge is 0.478 e. The minimum absolute atomic E-state index is 0.127. The molecule has 0 radical (unpaired) electrons. The molecule has 17 heteroatoms. The lowest BCUT2D eigenvalue weighted by atomic mass is 10.0. The molecule has 0 fully saturated rings. The predicted octanol–water partition coefficient (Wildman–Crippen LogP) is 4.53. The third kappa shape index (κ3) is 7.29. The van der Waals surface area contributed by atoms with Crippen LogP contribution < -0.4 is 22.6 Å². The van der Waals surface area contributed by atoms with Crippen LogP contribution in [0.5, 0.6) is 0 Å². The van der Waals surface area contributed by atoms with Gasteiger partial charge in [0.05, 0.1) is 34.1 Å². The van der Waals surface area contributed by atoms with E-state index >= 15 is 0 Å². The van der Waals surface area contributed by atoms with Crippen molar-refractivity contribution >= 4 is 73.3 Å². The van der Waals surface area contributed by atoms with E-state index in [0.29, 0.717) is 39.4 Å². The zero-order valence-electron chi connectivity index (χ0n) is 23.6. The Balaban J connectivity index is 1.57. The van der Waals surface area contributed by atoms with Crippen LogP contribution >= 0.6 is 0 Å². The number of hydrogen-bond acceptors (Lipinski definition) is 13. The van der Waals surface area contributed by atoms with E-state index in [0.717, 1.165) is 12.2 Å². The number of hydrazone groups is 1. The third-order valence-corrected chi connectivity index (χ3v) is 7.18. The van der Waals surface area contributed by atoms with Crippen LogP contribution in [0.25, 0.3) is 0 Å². The summed E-state index contributed by atoms with van der Waals surface area (Å²) in [5, 5.41) is 30.0. The van der Waals surface area contributed by atoms with Gasteiger partial charge in [0, 0.05) is 5.56 Å². The van der Waals surface area contributed by atoms with E-state index in [2.05, 4.69) is 31.0 Å². The van der Waals surface area contributed by atoms with Crippen LogP contribution in [0.1, 0.15) is 21.5 Å². The number of carbonyl (C=O) groups is 3. The van der Waals surface area contributed by atoms with Crippen molar-refractivity contribution in [3.05, 3.63) is 87.9 Å². The number of Topliss-reactive ketones (excluding diaryl/α,β-unsaturated/α-hetero) is 1. The topological polar surface area (TPSA) is 278 Å². The first-order chi connectivity index (χ1) is 21.1. The van der Waals surface area contributed by atoms with E-state index in [-0.39, 0.29) is 22.8 Å². The van der Waals surface area contributed by atoms with E-state index in [1.807, 2.05) is 0 Å². The molecule has 0 heterocycles. The van der Waals surface area contributed by atoms with Gasteiger partial charge in [-0.25, -0.2) is 4.79 Å². The second-order valence-electron chi connectivity index (χ2n) is 9.52. The molecule has 230 valence electrons. The molecule has 9 N–H and O–H groups in total. The summed E-state index contributed by atoms with van der Waals surface area (Å²) in [6.45, 7) is 3.44. The van der Waals surface area contributed by atoms with Crippen molar-refractivity contribution < 1.29 is 32.5 Å². The van der Waals surface area contributed by atoms with Crippen molar-refractivity contribution in [2.24, 2.45) is 31.3 Å². The Bertz CT molecular complexity index is 2010. The third-order valence-electron chi connectivity index (χ3n) is 6.32. The van der Waals surface area contributed by atoms with Crippen molar-refractivity contribution in [3.63, 3.8) is 0 Å². The number of ketones is 1. The van der Waals surface area contributed by atoms with Crippen molar-refractivity contribution in [1.82, 2.24) is 0 Å². The molecule has 0 atom stereocenters. The number of carbonyl (C=O) groups excluding carboxylic acids is 2. The number of rotatable bonds is 9. The van der Waals surface area contributed by atoms with Crippen molar-refractivity contribution in [3.8, 4) is 0 Å². The zero-order chi connectivity index (χ0) is 33.1. The van der Waals surface area contributed by atoms with Gasteiger partial charge in [-0.05, 0) is 85.7 Å². The summed E-state index contributed by atoms with van der Waals surface area (Å²) in [5.41, 5.74) is 23.0. The second-order valence-corrected chi connectivity index (χ2v) is 10.9. The standard InChI is InChI=1S/C28H25N9O7S/c1-13-9-17(7-8-20(13)35-34-18-11-19(28(40)41)26(38)22(12-18)45(42,43)44)33-37-25-23(29)14(2)10-21(24(25)30)36-32-16-5-3-15(4-6-16)27(31)39/h3-12,35H,29-30H2,1-2H3,(H2,31,39)(H,40,41)(H,42,43,44). The molecule has 0 saturated carbocycles. The number of azo groups is 2. The van der Waals surface area contributed by atoms with E-state index in [1.54, 1.807) is 50.2 Å². The molecular formula is C28H25N9O7S. The first kappa shape index (κ1) is 31.9. The van der Waals surface area contributed by atoms with Crippen LogP contribution in [0.4, 0.5) is 39.8 Å². The summed E-state index contributed by atoms with van der Waals surface area (Å²) < 4.78 is 32.4. The number of primary amides is 1.